The largest absolute Gasteiger partial charge is 0.481 e. The van der Waals surface area contributed by atoms with Crippen LogP contribution >= 0.6 is 0 Å². The SMILES string of the molecule is COc1nc(C)nc(C2CC2)c1CC(=O)O. The van der Waals surface area contributed by atoms with Crippen LogP contribution in [0.2, 0.25) is 0 Å². The van der Waals surface area contributed by atoms with Crippen LogP contribution in [0.25, 0.3) is 0 Å². The second-order valence-electron chi connectivity index (χ2n) is 3.99. The van der Waals surface area contributed by atoms with Gasteiger partial charge in [0.05, 0.1) is 19.2 Å². The molecule has 2 rings (SSSR count). The van der Waals surface area contributed by atoms with E-state index in [-0.39, 0.29) is 6.42 Å². The molecule has 0 amide bonds. The first-order chi connectivity index (χ1) is 7.61. The maximum absolute atomic E-state index is 10.8. The van der Waals surface area contributed by atoms with Gasteiger partial charge in [-0.3, -0.25) is 4.79 Å². The molecule has 1 saturated carbocycles. The Morgan fingerprint density at radius 3 is 2.69 bits per heavy atom. The van der Waals surface area contributed by atoms with Crippen molar-refractivity contribution in [2.75, 3.05) is 7.11 Å². The monoisotopic (exact) mass is 222 g/mol. The Morgan fingerprint density at radius 1 is 1.50 bits per heavy atom. The minimum absolute atomic E-state index is 0.0741. The molecule has 86 valence electrons. The molecule has 0 radical (unpaired) electrons. The molecule has 0 aliphatic heterocycles. The number of carbonyl (C=O) groups is 1. The molecule has 1 aliphatic rings. The number of aromatic nitrogens is 2. The normalized spacial score (nSPS) is 14.9. The molecule has 0 atom stereocenters. The highest BCUT2D eigenvalue weighted by Crippen LogP contribution is 2.42. The Kier molecular flexibility index (Phi) is 2.77. The number of methoxy groups -OCH3 is 1. The first-order valence-corrected chi connectivity index (χ1v) is 5.25. The number of hydrogen-bond acceptors (Lipinski definition) is 4. The number of rotatable bonds is 4. The Bertz CT molecular complexity index is 427. The minimum atomic E-state index is -0.882. The van der Waals surface area contributed by atoms with E-state index in [0.29, 0.717) is 23.2 Å². The van der Waals surface area contributed by atoms with Crippen LogP contribution in [0, 0.1) is 6.92 Å². The van der Waals surface area contributed by atoms with Gasteiger partial charge in [0, 0.05) is 11.5 Å². The van der Waals surface area contributed by atoms with Crippen molar-refractivity contribution >= 4 is 5.97 Å². The van der Waals surface area contributed by atoms with E-state index in [1.165, 1.54) is 7.11 Å². The van der Waals surface area contributed by atoms with Crippen molar-refractivity contribution < 1.29 is 14.6 Å². The average Bonchev–Trinajstić information content (AvgIpc) is 3.02. The Morgan fingerprint density at radius 2 is 2.19 bits per heavy atom. The third-order valence-electron chi connectivity index (χ3n) is 2.60. The van der Waals surface area contributed by atoms with Gasteiger partial charge in [-0.25, -0.2) is 4.98 Å². The predicted molar refractivity (Wildman–Crippen MR) is 56.6 cm³/mol. The van der Waals surface area contributed by atoms with Gasteiger partial charge in [-0.1, -0.05) is 0 Å². The highest BCUT2D eigenvalue weighted by molar-refractivity contribution is 5.71. The highest BCUT2D eigenvalue weighted by Gasteiger charge is 2.30. The molecular weight excluding hydrogens is 208 g/mol. The van der Waals surface area contributed by atoms with E-state index < -0.39 is 5.97 Å². The summed E-state index contributed by atoms with van der Waals surface area (Å²) in [4.78, 5) is 19.3. The fraction of sp³-hybridized carbons (Fsp3) is 0.545. The Labute approximate surface area is 93.5 Å². The van der Waals surface area contributed by atoms with Crippen molar-refractivity contribution in [1.29, 1.82) is 0 Å². The molecule has 5 heteroatoms. The van der Waals surface area contributed by atoms with Gasteiger partial charge >= 0.3 is 5.97 Å². The van der Waals surface area contributed by atoms with Crippen molar-refractivity contribution in [1.82, 2.24) is 9.97 Å². The van der Waals surface area contributed by atoms with Gasteiger partial charge in [0.1, 0.15) is 5.82 Å². The smallest absolute Gasteiger partial charge is 0.308 e. The maximum atomic E-state index is 10.8. The molecule has 1 aliphatic carbocycles. The lowest BCUT2D eigenvalue weighted by Crippen LogP contribution is -2.10. The summed E-state index contributed by atoms with van der Waals surface area (Å²) in [5.41, 5.74) is 1.48. The number of carboxylic acids is 1. The number of aryl methyl sites for hydroxylation is 1. The molecule has 0 saturated heterocycles. The van der Waals surface area contributed by atoms with E-state index in [4.69, 9.17) is 9.84 Å². The fourth-order valence-corrected chi connectivity index (χ4v) is 1.77. The summed E-state index contributed by atoms with van der Waals surface area (Å²) in [5, 5.41) is 8.87. The summed E-state index contributed by atoms with van der Waals surface area (Å²) in [5.74, 6) is 0.544. The topological polar surface area (TPSA) is 72.3 Å². The number of hydrogen-bond donors (Lipinski definition) is 1. The molecule has 5 nitrogen and oxygen atoms in total. The molecule has 1 aromatic rings. The van der Waals surface area contributed by atoms with Crippen LogP contribution in [-0.4, -0.2) is 28.2 Å². The van der Waals surface area contributed by atoms with Crippen LogP contribution in [0.3, 0.4) is 0 Å². The van der Waals surface area contributed by atoms with Crippen LogP contribution in [-0.2, 0) is 11.2 Å². The molecule has 16 heavy (non-hydrogen) atoms. The van der Waals surface area contributed by atoms with Gasteiger partial charge in [-0.2, -0.15) is 4.98 Å². The van der Waals surface area contributed by atoms with Gasteiger partial charge in [0.15, 0.2) is 0 Å². The molecule has 0 bridgehead atoms. The molecule has 0 unspecified atom stereocenters. The summed E-state index contributed by atoms with van der Waals surface area (Å²) in [6, 6.07) is 0. The van der Waals surface area contributed by atoms with Crippen molar-refractivity contribution in [3.8, 4) is 5.88 Å². The van der Waals surface area contributed by atoms with E-state index in [1.807, 2.05) is 0 Å². The summed E-state index contributed by atoms with van der Waals surface area (Å²) < 4.78 is 5.13. The van der Waals surface area contributed by atoms with Gasteiger partial charge in [0.2, 0.25) is 5.88 Å². The zero-order valence-electron chi connectivity index (χ0n) is 9.36. The number of ether oxygens (including phenoxy) is 1. The second kappa shape index (κ2) is 4.08. The van der Waals surface area contributed by atoms with Crippen molar-refractivity contribution in [3.05, 3.63) is 17.1 Å². The molecule has 1 N–H and O–H groups in total. The highest BCUT2D eigenvalue weighted by atomic mass is 16.5. The van der Waals surface area contributed by atoms with E-state index >= 15 is 0 Å². The molecule has 0 aromatic carbocycles. The van der Waals surface area contributed by atoms with Gasteiger partial charge < -0.3 is 9.84 Å². The third-order valence-corrected chi connectivity index (χ3v) is 2.60. The standard InChI is InChI=1S/C11H14N2O3/c1-6-12-10(7-3-4-7)8(5-9(14)15)11(13-6)16-2/h7H,3-5H2,1-2H3,(H,14,15). The second-order valence-corrected chi connectivity index (χ2v) is 3.99. The van der Waals surface area contributed by atoms with Crippen molar-refractivity contribution in [2.24, 2.45) is 0 Å². The average molecular weight is 222 g/mol. The van der Waals surface area contributed by atoms with Crippen LogP contribution in [0.4, 0.5) is 0 Å². The van der Waals surface area contributed by atoms with Gasteiger partial charge in [-0.05, 0) is 19.8 Å². The van der Waals surface area contributed by atoms with E-state index in [0.717, 1.165) is 18.5 Å². The summed E-state index contributed by atoms with van der Waals surface area (Å²) in [6.45, 7) is 1.79. The molecule has 1 fully saturated rings. The zero-order chi connectivity index (χ0) is 11.7. The number of aliphatic carboxylic acids is 1. The lowest BCUT2D eigenvalue weighted by atomic mass is 10.1. The summed E-state index contributed by atoms with van der Waals surface area (Å²) in [6.07, 6.45) is 2.08. The number of nitrogens with zero attached hydrogens (tertiary/aromatic N) is 2. The third kappa shape index (κ3) is 2.13. The van der Waals surface area contributed by atoms with Gasteiger partial charge in [0.25, 0.3) is 0 Å². The fourth-order valence-electron chi connectivity index (χ4n) is 1.77. The van der Waals surface area contributed by atoms with E-state index in [2.05, 4.69) is 9.97 Å². The quantitative estimate of drug-likeness (QED) is 0.831. The van der Waals surface area contributed by atoms with Crippen LogP contribution < -0.4 is 4.74 Å². The number of carboxylic acid groups (broad SMARTS) is 1. The van der Waals surface area contributed by atoms with E-state index in [1.54, 1.807) is 6.92 Å². The molecular formula is C11H14N2O3. The van der Waals surface area contributed by atoms with Crippen molar-refractivity contribution in [3.63, 3.8) is 0 Å². The lowest BCUT2D eigenvalue weighted by Gasteiger charge is -2.11. The first kappa shape index (κ1) is 10.9. The van der Waals surface area contributed by atoms with Crippen LogP contribution in [0.15, 0.2) is 0 Å². The predicted octanol–water partition coefficient (Wildman–Crippen LogP) is 1.30. The van der Waals surface area contributed by atoms with Crippen LogP contribution in [0.5, 0.6) is 5.88 Å². The van der Waals surface area contributed by atoms with E-state index in [9.17, 15) is 4.79 Å². The van der Waals surface area contributed by atoms with Crippen molar-refractivity contribution in [2.45, 2.75) is 32.1 Å². The molecule has 0 spiro atoms. The zero-order valence-corrected chi connectivity index (χ0v) is 9.36. The van der Waals surface area contributed by atoms with Gasteiger partial charge in [-0.15, -0.1) is 0 Å². The Balaban J connectivity index is 2.46. The minimum Gasteiger partial charge on any atom is -0.481 e. The maximum Gasteiger partial charge on any atom is 0.308 e. The molecule has 1 aromatic heterocycles. The van der Waals surface area contributed by atoms with Crippen LogP contribution in [0.1, 0.15) is 35.8 Å². The Hall–Kier alpha value is -1.65. The lowest BCUT2D eigenvalue weighted by molar-refractivity contribution is -0.136. The summed E-state index contributed by atoms with van der Waals surface area (Å²) >= 11 is 0. The molecule has 1 heterocycles. The first-order valence-electron chi connectivity index (χ1n) is 5.25. The summed E-state index contributed by atoms with van der Waals surface area (Å²) in [7, 11) is 1.50.